The smallest absolute Gasteiger partial charge is 0.410 e. The number of nitrogens with one attached hydrogen (secondary N) is 3. The van der Waals surface area contributed by atoms with Crippen LogP contribution >= 0.6 is 0 Å². The molecule has 0 spiro atoms. The Balaban J connectivity index is 1.66. The summed E-state index contributed by atoms with van der Waals surface area (Å²) in [6.45, 7) is 0.304. The van der Waals surface area contributed by atoms with Gasteiger partial charge in [-0.25, -0.2) is 12.8 Å². The molecule has 0 bridgehead atoms. The van der Waals surface area contributed by atoms with Crippen molar-refractivity contribution in [2.45, 2.75) is 63.3 Å². The maximum atomic E-state index is 14.4. The lowest BCUT2D eigenvalue weighted by atomic mass is 10.1. The van der Waals surface area contributed by atoms with Crippen LogP contribution in [-0.4, -0.2) is 68.3 Å². The first-order chi connectivity index (χ1) is 16.9. The molecule has 1 aromatic carbocycles. The Morgan fingerprint density at radius 3 is 2.28 bits per heavy atom. The van der Waals surface area contributed by atoms with Crippen LogP contribution in [0.4, 0.5) is 13.2 Å². The van der Waals surface area contributed by atoms with E-state index in [1.54, 1.807) is 6.92 Å². The van der Waals surface area contributed by atoms with Gasteiger partial charge >= 0.3 is 6.11 Å². The fraction of sp³-hybridized carbons (Fsp3) is 0.609. The van der Waals surface area contributed by atoms with Crippen molar-refractivity contribution in [1.82, 2.24) is 16.0 Å². The summed E-state index contributed by atoms with van der Waals surface area (Å²) in [4.78, 5) is 37.5. The highest BCUT2D eigenvalue weighted by Crippen LogP contribution is 2.30. The Hall–Kier alpha value is -2.67. The van der Waals surface area contributed by atoms with Crippen molar-refractivity contribution in [2.24, 2.45) is 5.92 Å². The number of Topliss-reactive ketones (excluding diaryl/α,β-unsaturated/α-hetero) is 1. The van der Waals surface area contributed by atoms with Crippen LogP contribution in [0.3, 0.4) is 0 Å². The fourth-order valence-electron chi connectivity index (χ4n) is 3.41. The number of ether oxygens (including phenoxy) is 1. The molecule has 3 N–H and O–H groups in total. The Kier molecular flexibility index (Phi) is 8.98. The summed E-state index contributed by atoms with van der Waals surface area (Å²) < 4.78 is 71.5. The third kappa shape index (κ3) is 9.08. The van der Waals surface area contributed by atoms with Crippen LogP contribution in [0.25, 0.3) is 0 Å². The van der Waals surface area contributed by atoms with Crippen molar-refractivity contribution in [3.8, 4) is 5.75 Å². The molecule has 2 amide bonds. The van der Waals surface area contributed by atoms with Gasteiger partial charge in [-0.15, -0.1) is 0 Å². The number of benzene rings is 1. The van der Waals surface area contributed by atoms with E-state index in [4.69, 9.17) is 0 Å². The first-order valence-corrected chi connectivity index (χ1v) is 13.6. The highest BCUT2D eigenvalue weighted by Gasteiger charge is 2.38. The third-order valence-corrected chi connectivity index (χ3v) is 7.56. The van der Waals surface area contributed by atoms with Crippen molar-refractivity contribution in [3.05, 3.63) is 30.1 Å². The van der Waals surface area contributed by atoms with Crippen LogP contribution in [0, 0.1) is 11.7 Å². The van der Waals surface area contributed by atoms with Gasteiger partial charge in [0.05, 0.1) is 17.5 Å². The summed E-state index contributed by atoms with van der Waals surface area (Å²) in [6, 6.07) is 0.893. The second-order valence-electron chi connectivity index (χ2n) is 9.23. The second-order valence-corrected chi connectivity index (χ2v) is 11.4. The van der Waals surface area contributed by atoms with Crippen LogP contribution in [0.2, 0.25) is 0 Å². The normalized spacial score (nSPS) is 17.7. The average molecular weight is 534 g/mol. The molecule has 0 aromatic heterocycles. The van der Waals surface area contributed by atoms with Gasteiger partial charge in [0.25, 0.3) is 5.91 Å². The lowest BCUT2D eigenvalue weighted by molar-refractivity contribution is -0.172. The van der Waals surface area contributed by atoms with Crippen molar-refractivity contribution >= 4 is 27.4 Å². The van der Waals surface area contributed by atoms with E-state index in [1.165, 1.54) is 0 Å². The molecule has 2 aliphatic rings. The highest BCUT2D eigenvalue weighted by atomic mass is 32.2. The Labute approximate surface area is 207 Å². The van der Waals surface area contributed by atoms with E-state index >= 15 is 0 Å². The standard InChI is InChI=1S/C23H30F3N3O6S/c1-2-18(20(30)22(32)28-16-7-8-16)29-21(31)19(12-36(33,34)11-14-3-4-14)27-13-23(25,26)35-17-9-5-15(24)6-10-17/h5-6,9-10,14,16,18-19,27H,2-4,7-8,11-13H2,1H3,(H,28,32)(H,29,31). The molecule has 2 saturated carbocycles. The number of carbonyl (C=O) groups is 3. The van der Waals surface area contributed by atoms with Gasteiger partial charge in [-0.2, -0.15) is 8.78 Å². The van der Waals surface area contributed by atoms with Gasteiger partial charge < -0.3 is 15.4 Å². The Morgan fingerprint density at radius 2 is 1.72 bits per heavy atom. The lowest BCUT2D eigenvalue weighted by Crippen LogP contribution is -2.56. The summed E-state index contributed by atoms with van der Waals surface area (Å²) in [6.07, 6.45) is -0.873. The number of sulfone groups is 1. The number of amides is 2. The Morgan fingerprint density at radius 1 is 1.08 bits per heavy atom. The van der Waals surface area contributed by atoms with Gasteiger partial charge in [-0.3, -0.25) is 19.7 Å². The molecule has 1 aromatic rings. The van der Waals surface area contributed by atoms with E-state index in [-0.39, 0.29) is 29.9 Å². The first-order valence-electron chi connectivity index (χ1n) is 11.8. The van der Waals surface area contributed by atoms with Crippen molar-refractivity contribution in [1.29, 1.82) is 0 Å². The minimum Gasteiger partial charge on any atom is -0.432 e. The van der Waals surface area contributed by atoms with Gasteiger partial charge in [0.2, 0.25) is 11.7 Å². The fourth-order valence-corrected chi connectivity index (χ4v) is 5.38. The van der Waals surface area contributed by atoms with Crippen LogP contribution in [-0.2, 0) is 24.2 Å². The molecule has 0 heterocycles. The molecule has 13 heteroatoms. The quantitative estimate of drug-likeness (QED) is 0.290. The van der Waals surface area contributed by atoms with Gasteiger partial charge in [0.15, 0.2) is 9.84 Å². The monoisotopic (exact) mass is 533 g/mol. The molecule has 9 nitrogen and oxygen atoms in total. The minimum absolute atomic E-state index is 0.0296. The van der Waals surface area contributed by atoms with Crippen LogP contribution in [0.1, 0.15) is 39.0 Å². The third-order valence-electron chi connectivity index (χ3n) is 5.74. The predicted octanol–water partition coefficient (Wildman–Crippen LogP) is 1.32. The molecule has 0 radical (unpaired) electrons. The topological polar surface area (TPSA) is 131 Å². The number of halogens is 3. The zero-order valence-electron chi connectivity index (χ0n) is 19.8. The molecule has 2 fully saturated rings. The number of rotatable bonds is 15. The second kappa shape index (κ2) is 11.6. The highest BCUT2D eigenvalue weighted by molar-refractivity contribution is 7.91. The van der Waals surface area contributed by atoms with E-state index < -0.39 is 63.7 Å². The number of hydrogen-bond acceptors (Lipinski definition) is 7. The molecule has 0 saturated heterocycles. The predicted molar refractivity (Wildman–Crippen MR) is 124 cm³/mol. The molecule has 200 valence electrons. The molecule has 2 atom stereocenters. The molecular weight excluding hydrogens is 503 g/mol. The number of carbonyl (C=O) groups excluding carboxylic acids is 3. The van der Waals surface area contributed by atoms with Gasteiger partial charge in [-0.1, -0.05) is 6.92 Å². The summed E-state index contributed by atoms with van der Waals surface area (Å²) in [7, 11) is -3.80. The maximum absolute atomic E-state index is 14.4. The SMILES string of the molecule is CCC(NC(=O)C(CS(=O)(=O)CC1CC1)NCC(F)(F)Oc1ccc(F)cc1)C(=O)C(=O)NC1CC1. The van der Waals surface area contributed by atoms with Crippen LogP contribution in [0.5, 0.6) is 5.75 Å². The lowest BCUT2D eigenvalue weighted by Gasteiger charge is -2.24. The minimum atomic E-state index is -3.87. The van der Waals surface area contributed by atoms with Crippen molar-refractivity contribution in [3.63, 3.8) is 0 Å². The summed E-state index contributed by atoms with van der Waals surface area (Å²) >= 11 is 0. The van der Waals surface area contributed by atoms with Crippen LogP contribution in [0.15, 0.2) is 24.3 Å². The number of hydrogen-bond donors (Lipinski definition) is 3. The van der Waals surface area contributed by atoms with E-state index in [9.17, 15) is 36.0 Å². The van der Waals surface area contributed by atoms with Gasteiger partial charge in [-0.05, 0) is 62.3 Å². The van der Waals surface area contributed by atoms with Crippen molar-refractivity contribution in [2.75, 3.05) is 18.1 Å². The zero-order valence-corrected chi connectivity index (χ0v) is 20.6. The molecule has 0 aliphatic heterocycles. The van der Waals surface area contributed by atoms with Crippen LogP contribution < -0.4 is 20.7 Å². The Bertz CT molecular complexity index is 1060. The van der Waals surface area contributed by atoms with Gasteiger partial charge in [0, 0.05) is 6.04 Å². The molecule has 2 unspecified atom stereocenters. The summed E-state index contributed by atoms with van der Waals surface area (Å²) in [5.74, 6) is -4.74. The zero-order chi connectivity index (χ0) is 26.5. The van der Waals surface area contributed by atoms with E-state index in [0.717, 1.165) is 49.9 Å². The summed E-state index contributed by atoms with van der Waals surface area (Å²) in [5.41, 5.74) is 0. The van der Waals surface area contributed by atoms with Gasteiger partial charge in [0.1, 0.15) is 24.2 Å². The largest absolute Gasteiger partial charge is 0.432 e. The summed E-state index contributed by atoms with van der Waals surface area (Å²) in [5, 5.41) is 7.07. The molecule has 36 heavy (non-hydrogen) atoms. The number of ketones is 1. The molecule has 2 aliphatic carbocycles. The average Bonchev–Trinajstić information content (AvgIpc) is 3.73. The first kappa shape index (κ1) is 27.9. The van der Waals surface area contributed by atoms with E-state index in [2.05, 4.69) is 20.7 Å². The molecular formula is C23H30F3N3O6S. The van der Waals surface area contributed by atoms with E-state index in [1.807, 2.05) is 0 Å². The number of alkyl halides is 2. The maximum Gasteiger partial charge on any atom is 0.410 e. The van der Waals surface area contributed by atoms with E-state index in [0.29, 0.717) is 0 Å². The van der Waals surface area contributed by atoms with Crippen molar-refractivity contribution < 1.29 is 40.7 Å². The molecule has 3 rings (SSSR count).